The fraction of sp³-hybridized carbons (Fsp3) is 0.667. The van der Waals surface area contributed by atoms with Gasteiger partial charge in [0.15, 0.2) is 0 Å². The maximum Gasteiger partial charge on any atom is 0.401 e. The van der Waals surface area contributed by atoms with Crippen LogP contribution in [0, 0.1) is 11.8 Å². The SMILES string of the molecule is CC#CCCN(CC(=O)O)CC(F)(F)F. The molecule has 0 heterocycles. The molecule has 0 bridgehead atoms. The molecule has 0 saturated heterocycles. The summed E-state index contributed by atoms with van der Waals surface area (Å²) in [6.07, 6.45) is -4.14. The number of alkyl halides is 3. The van der Waals surface area contributed by atoms with Crippen LogP contribution >= 0.6 is 0 Å². The lowest BCUT2D eigenvalue weighted by Gasteiger charge is -2.20. The average Bonchev–Trinajstić information content (AvgIpc) is 2.00. The maximum atomic E-state index is 12.0. The fourth-order valence-electron chi connectivity index (χ4n) is 0.998. The topological polar surface area (TPSA) is 40.5 Å². The van der Waals surface area contributed by atoms with Gasteiger partial charge in [-0.3, -0.25) is 9.69 Å². The third kappa shape index (κ3) is 9.09. The molecule has 0 spiro atoms. The molecule has 0 amide bonds. The van der Waals surface area contributed by atoms with Crippen LogP contribution in [0.4, 0.5) is 13.2 Å². The summed E-state index contributed by atoms with van der Waals surface area (Å²) in [4.78, 5) is 11.1. The third-order valence-corrected chi connectivity index (χ3v) is 1.49. The van der Waals surface area contributed by atoms with Crippen LogP contribution in [-0.2, 0) is 4.79 Å². The van der Waals surface area contributed by atoms with Gasteiger partial charge in [0.2, 0.25) is 0 Å². The summed E-state index contributed by atoms with van der Waals surface area (Å²) >= 11 is 0. The van der Waals surface area contributed by atoms with Crippen LogP contribution in [0.1, 0.15) is 13.3 Å². The Morgan fingerprint density at radius 2 is 2.07 bits per heavy atom. The molecule has 6 heteroatoms. The highest BCUT2D eigenvalue weighted by atomic mass is 19.4. The number of halogens is 3. The summed E-state index contributed by atoms with van der Waals surface area (Å²) in [6.45, 7) is -0.256. The smallest absolute Gasteiger partial charge is 0.401 e. The zero-order valence-corrected chi connectivity index (χ0v) is 8.26. The van der Waals surface area contributed by atoms with Gasteiger partial charge in [0.1, 0.15) is 0 Å². The van der Waals surface area contributed by atoms with E-state index in [4.69, 9.17) is 5.11 Å². The zero-order valence-electron chi connectivity index (χ0n) is 8.26. The molecule has 0 aromatic rings. The van der Waals surface area contributed by atoms with Crippen LogP contribution in [0.25, 0.3) is 0 Å². The Kier molecular flexibility index (Phi) is 5.79. The Hall–Kier alpha value is -1.22. The molecule has 0 aliphatic heterocycles. The first kappa shape index (κ1) is 13.8. The molecule has 0 radical (unpaired) electrons. The molecule has 0 aromatic carbocycles. The Morgan fingerprint density at radius 3 is 2.47 bits per heavy atom. The molecule has 0 atom stereocenters. The predicted molar refractivity (Wildman–Crippen MR) is 48.2 cm³/mol. The van der Waals surface area contributed by atoms with Crippen LogP contribution in [0.2, 0.25) is 0 Å². The molecular formula is C9H12F3NO2. The highest BCUT2D eigenvalue weighted by Crippen LogP contribution is 2.16. The Bertz CT molecular complexity index is 265. The van der Waals surface area contributed by atoms with Gasteiger partial charge >= 0.3 is 12.1 Å². The Morgan fingerprint density at radius 1 is 1.47 bits per heavy atom. The Balaban J connectivity index is 4.16. The molecule has 0 saturated carbocycles. The summed E-state index contributed by atoms with van der Waals surface area (Å²) in [5.41, 5.74) is 0. The van der Waals surface area contributed by atoms with Crippen molar-refractivity contribution in [1.82, 2.24) is 4.90 Å². The van der Waals surface area contributed by atoms with Gasteiger partial charge in [0.05, 0.1) is 13.1 Å². The first-order valence-electron chi connectivity index (χ1n) is 4.25. The van der Waals surface area contributed by atoms with Gasteiger partial charge in [-0.1, -0.05) is 0 Å². The number of rotatable bonds is 5. The van der Waals surface area contributed by atoms with Crippen LogP contribution < -0.4 is 0 Å². The van der Waals surface area contributed by atoms with E-state index in [0.29, 0.717) is 0 Å². The number of carbonyl (C=O) groups is 1. The Labute approximate surface area is 85.9 Å². The van der Waals surface area contributed by atoms with Gasteiger partial charge in [-0.2, -0.15) is 13.2 Å². The minimum absolute atomic E-state index is 0.00660. The van der Waals surface area contributed by atoms with E-state index in [9.17, 15) is 18.0 Å². The molecule has 0 fully saturated rings. The van der Waals surface area contributed by atoms with Gasteiger partial charge < -0.3 is 5.11 Å². The first-order chi connectivity index (χ1) is 6.85. The molecule has 0 unspecified atom stereocenters. The van der Waals surface area contributed by atoms with Gasteiger partial charge in [-0.05, 0) is 6.92 Å². The second-order valence-electron chi connectivity index (χ2n) is 2.90. The van der Waals surface area contributed by atoms with Gasteiger partial charge in [0, 0.05) is 13.0 Å². The number of carboxylic acids is 1. The van der Waals surface area contributed by atoms with Crippen LogP contribution in [0.15, 0.2) is 0 Å². The number of nitrogens with zero attached hydrogens (tertiary/aromatic N) is 1. The summed E-state index contributed by atoms with van der Waals surface area (Å²) < 4.78 is 36.0. The summed E-state index contributed by atoms with van der Waals surface area (Å²) in [5, 5.41) is 8.39. The first-order valence-corrected chi connectivity index (χ1v) is 4.25. The lowest BCUT2D eigenvalue weighted by molar-refractivity contribution is -0.153. The highest BCUT2D eigenvalue weighted by molar-refractivity contribution is 5.69. The van der Waals surface area contributed by atoms with Crippen molar-refractivity contribution in [3.05, 3.63) is 0 Å². The molecule has 0 aliphatic carbocycles. The molecule has 0 aliphatic rings. The van der Waals surface area contributed by atoms with E-state index in [1.54, 1.807) is 6.92 Å². The van der Waals surface area contributed by atoms with Gasteiger partial charge in [-0.25, -0.2) is 0 Å². The van der Waals surface area contributed by atoms with Crippen LogP contribution in [0.3, 0.4) is 0 Å². The zero-order chi connectivity index (χ0) is 11.9. The monoisotopic (exact) mass is 223 g/mol. The van der Waals surface area contributed by atoms with Crippen LogP contribution in [-0.4, -0.2) is 41.8 Å². The fourth-order valence-corrected chi connectivity index (χ4v) is 0.998. The van der Waals surface area contributed by atoms with Crippen molar-refractivity contribution in [2.75, 3.05) is 19.6 Å². The maximum absolute atomic E-state index is 12.0. The van der Waals surface area contributed by atoms with Crippen molar-refractivity contribution in [2.24, 2.45) is 0 Å². The number of carboxylic acid groups (broad SMARTS) is 1. The van der Waals surface area contributed by atoms with Crippen molar-refractivity contribution >= 4 is 5.97 Å². The summed E-state index contributed by atoms with van der Waals surface area (Å²) in [6, 6.07) is 0. The molecular weight excluding hydrogens is 211 g/mol. The predicted octanol–water partition coefficient (Wildman–Crippen LogP) is 1.35. The quantitative estimate of drug-likeness (QED) is 0.715. The number of hydrogen-bond donors (Lipinski definition) is 1. The summed E-state index contributed by atoms with van der Waals surface area (Å²) in [5.74, 6) is 3.85. The van der Waals surface area contributed by atoms with Gasteiger partial charge in [0.25, 0.3) is 0 Å². The van der Waals surface area contributed by atoms with Crippen LogP contribution in [0.5, 0.6) is 0 Å². The average molecular weight is 223 g/mol. The van der Waals surface area contributed by atoms with E-state index in [1.807, 2.05) is 0 Å². The van der Waals surface area contributed by atoms with E-state index in [2.05, 4.69) is 11.8 Å². The standard InChI is InChI=1S/C9H12F3NO2/c1-2-3-4-5-13(6-8(14)15)7-9(10,11)12/h4-7H2,1H3,(H,14,15). The van der Waals surface area contributed by atoms with E-state index in [1.165, 1.54) is 0 Å². The van der Waals surface area contributed by atoms with E-state index in [0.717, 1.165) is 4.90 Å². The molecule has 1 N–H and O–H groups in total. The normalized spacial score (nSPS) is 11.0. The van der Waals surface area contributed by atoms with E-state index < -0.39 is 25.2 Å². The lowest BCUT2D eigenvalue weighted by atomic mass is 10.3. The lowest BCUT2D eigenvalue weighted by Crippen LogP contribution is -2.38. The van der Waals surface area contributed by atoms with Crippen molar-refractivity contribution in [1.29, 1.82) is 0 Å². The number of hydrogen-bond acceptors (Lipinski definition) is 2. The molecule has 0 aromatic heterocycles. The van der Waals surface area contributed by atoms with E-state index >= 15 is 0 Å². The summed E-state index contributed by atoms with van der Waals surface area (Å²) in [7, 11) is 0. The largest absolute Gasteiger partial charge is 0.480 e. The van der Waals surface area contributed by atoms with Crippen molar-refractivity contribution < 1.29 is 23.1 Å². The third-order valence-electron chi connectivity index (χ3n) is 1.49. The van der Waals surface area contributed by atoms with Crippen molar-refractivity contribution in [3.8, 4) is 11.8 Å². The number of aliphatic carboxylic acids is 1. The van der Waals surface area contributed by atoms with Crippen molar-refractivity contribution in [2.45, 2.75) is 19.5 Å². The van der Waals surface area contributed by atoms with E-state index in [-0.39, 0.29) is 13.0 Å². The molecule has 15 heavy (non-hydrogen) atoms. The minimum Gasteiger partial charge on any atom is -0.480 e. The molecule has 0 rings (SSSR count). The highest BCUT2D eigenvalue weighted by Gasteiger charge is 2.31. The minimum atomic E-state index is -4.38. The second kappa shape index (κ2) is 6.30. The second-order valence-corrected chi connectivity index (χ2v) is 2.90. The molecule has 86 valence electrons. The molecule has 3 nitrogen and oxygen atoms in total. The van der Waals surface area contributed by atoms with Gasteiger partial charge in [-0.15, -0.1) is 11.8 Å². The van der Waals surface area contributed by atoms with Crippen molar-refractivity contribution in [3.63, 3.8) is 0 Å².